The van der Waals surface area contributed by atoms with Crippen LogP contribution in [0.15, 0.2) is 46.4 Å². The van der Waals surface area contributed by atoms with Gasteiger partial charge < -0.3 is 24.8 Å². The number of pyridine rings is 1. The normalized spacial score (nSPS) is 22.0. The van der Waals surface area contributed by atoms with E-state index in [0.717, 1.165) is 23.2 Å². The minimum Gasteiger partial charge on any atom is -1.00 e. The first-order valence-electron chi connectivity index (χ1n) is 25.6. The average molecular weight is 919 g/mol. The number of aryl methyl sites for hydroxylation is 1. The number of aliphatic imine (C=N–C) groups is 2. The van der Waals surface area contributed by atoms with Crippen molar-refractivity contribution in [1.29, 1.82) is 0 Å². The predicted octanol–water partition coefficient (Wildman–Crippen LogP) is 11.2. The van der Waals surface area contributed by atoms with E-state index in [-0.39, 0.29) is 41.9 Å². The molecule has 1 heterocycles. The fraction of sp³-hybridized carbons (Fsp3) is 0.661. The van der Waals surface area contributed by atoms with Gasteiger partial charge in [-0.05, 0) is 171 Å². The summed E-state index contributed by atoms with van der Waals surface area (Å²) in [5.74, 6) is 4.00. The van der Waals surface area contributed by atoms with Crippen molar-refractivity contribution in [2.45, 2.75) is 235 Å². The molecule has 6 aliphatic carbocycles. The zero-order valence-corrected chi connectivity index (χ0v) is 40.9. The van der Waals surface area contributed by atoms with Crippen molar-refractivity contribution in [3.05, 3.63) is 86.7 Å². The van der Waals surface area contributed by atoms with Crippen LogP contribution in [0.25, 0.3) is 0 Å². The average Bonchev–Trinajstić information content (AvgIpc) is 3.31. The van der Waals surface area contributed by atoms with Gasteiger partial charge in [-0.1, -0.05) is 140 Å². The molecular weight excluding hydrogens is 841 g/mol. The van der Waals surface area contributed by atoms with Crippen LogP contribution in [0.4, 0.5) is 11.4 Å². The van der Waals surface area contributed by atoms with Gasteiger partial charge in [-0.25, -0.2) is 4.98 Å². The molecule has 6 aliphatic rings. The summed E-state index contributed by atoms with van der Waals surface area (Å²) >= 11 is 0. The molecule has 62 heavy (non-hydrogen) atoms. The van der Waals surface area contributed by atoms with E-state index >= 15 is 0 Å². The maximum Gasteiger partial charge on any atom is 2.00 e. The Bertz CT molecular complexity index is 1690. The Morgan fingerprint density at radius 1 is 0.371 bits per heavy atom. The zero-order chi connectivity index (χ0) is 39.8. The van der Waals surface area contributed by atoms with Crippen molar-refractivity contribution in [2.24, 2.45) is 9.98 Å². The molecule has 0 spiro atoms. The van der Waals surface area contributed by atoms with Gasteiger partial charge in [0.05, 0.1) is 35.2 Å². The number of benzene rings is 2. The summed E-state index contributed by atoms with van der Waals surface area (Å²) in [5, 5.41) is 0. The maximum absolute atomic E-state index is 5.59. The summed E-state index contributed by atoms with van der Waals surface area (Å²) in [6.07, 6.45) is 45.1. The van der Waals surface area contributed by atoms with E-state index in [2.05, 4.69) is 55.8 Å². The van der Waals surface area contributed by atoms with Crippen LogP contribution in [0.5, 0.6) is 0 Å². The Labute approximate surface area is 400 Å². The third-order valence-corrected chi connectivity index (χ3v) is 16.4. The molecule has 6 saturated carbocycles. The SMILES string of the molecule is Cc1cc(C=Nc2c(C3CCCCC3)cc(C3CCCCC3)cc2C2CCCCC2)nc(C=Nc2c(C3CCCCC3)cc(C3CCCCC3)cc2C2CCCCC2)c1.[Cl-].[Cl-].[Fe+2]. The molecule has 1 aromatic heterocycles. The van der Waals surface area contributed by atoms with Crippen LogP contribution in [0, 0.1) is 6.92 Å². The zero-order valence-electron chi connectivity index (χ0n) is 38.2. The van der Waals surface area contributed by atoms with Crippen LogP contribution in [0.2, 0.25) is 0 Å². The van der Waals surface area contributed by atoms with Gasteiger partial charge in [0.2, 0.25) is 0 Å². The van der Waals surface area contributed by atoms with Crippen molar-refractivity contribution in [3.8, 4) is 0 Å². The molecular formula is C56H77Cl2FeN3. The Kier molecular flexibility index (Phi) is 19.6. The van der Waals surface area contributed by atoms with Gasteiger partial charge in [0.15, 0.2) is 0 Å². The molecule has 0 saturated heterocycles. The van der Waals surface area contributed by atoms with Gasteiger partial charge >= 0.3 is 17.1 Å². The van der Waals surface area contributed by atoms with Crippen molar-refractivity contribution >= 4 is 23.8 Å². The molecule has 0 aliphatic heterocycles. The monoisotopic (exact) mass is 917 g/mol. The molecule has 0 N–H and O–H groups in total. The van der Waals surface area contributed by atoms with E-state index < -0.39 is 0 Å². The van der Waals surface area contributed by atoms with Gasteiger partial charge in [-0.2, -0.15) is 0 Å². The molecule has 0 amide bonds. The van der Waals surface area contributed by atoms with Gasteiger partial charge in [0.1, 0.15) is 0 Å². The molecule has 9 rings (SSSR count). The summed E-state index contributed by atoms with van der Waals surface area (Å²) in [5.41, 5.74) is 15.4. The third-order valence-electron chi connectivity index (χ3n) is 16.4. The van der Waals surface area contributed by atoms with Gasteiger partial charge in [-0.3, -0.25) is 9.98 Å². The van der Waals surface area contributed by atoms with Crippen LogP contribution in [-0.2, 0) is 17.1 Å². The van der Waals surface area contributed by atoms with E-state index in [0.29, 0.717) is 23.7 Å². The van der Waals surface area contributed by atoms with E-state index in [4.69, 9.17) is 15.0 Å². The largest absolute Gasteiger partial charge is 2.00 e. The second kappa shape index (κ2) is 24.5. The molecule has 6 heteroatoms. The quantitative estimate of drug-likeness (QED) is 0.147. The minimum absolute atomic E-state index is 0. The molecule has 338 valence electrons. The van der Waals surface area contributed by atoms with Crippen molar-refractivity contribution in [2.75, 3.05) is 0 Å². The van der Waals surface area contributed by atoms with Crippen LogP contribution in [0.1, 0.15) is 278 Å². The molecule has 0 unspecified atom stereocenters. The molecule has 3 aromatic rings. The van der Waals surface area contributed by atoms with E-state index in [9.17, 15) is 0 Å². The molecule has 3 nitrogen and oxygen atoms in total. The van der Waals surface area contributed by atoms with Crippen LogP contribution >= 0.6 is 0 Å². The number of hydrogen-bond donors (Lipinski definition) is 0. The summed E-state index contributed by atoms with van der Waals surface area (Å²) in [4.78, 5) is 16.5. The minimum atomic E-state index is 0. The Hall–Kier alpha value is -1.97. The summed E-state index contributed by atoms with van der Waals surface area (Å²) in [7, 11) is 0. The molecule has 0 atom stereocenters. The van der Waals surface area contributed by atoms with Gasteiger partial charge in [0.25, 0.3) is 0 Å². The summed E-state index contributed by atoms with van der Waals surface area (Å²) in [6.45, 7) is 2.23. The van der Waals surface area contributed by atoms with Crippen molar-refractivity contribution < 1.29 is 41.9 Å². The second-order valence-corrected chi connectivity index (χ2v) is 20.6. The first-order chi connectivity index (χ1) is 29.2. The number of halogens is 2. The molecule has 6 fully saturated rings. The number of nitrogens with zero attached hydrogens (tertiary/aromatic N) is 3. The fourth-order valence-electron chi connectivity index (χ4n) is 13.1. The first-order valence-corrected chi connectivity index (χ1v) is 25.6. The second-order valence-electron chi connectivity index (χ2n) is 20.6. The summed E-state index contributed by atoms with van der Waals surface area (Å²) < 4.78 is 0. The Morgan fingerprint density at radius 3 is 0.871 bits per heavy atom. The molecule has 2 aromatic carbocycles. The van der Waals surface area contributed by atoms with Gasteiger partial charge in [-0.15, -0.1) is 0 Å². The van der Waals surface area contributed by atoms with E-state index in [1.165, 1.54) is 210 Å². The number of hydrogen-bond acceptors (Lipinski definition) is 3. The first kappa shape index (κ1) is 49.5. The molecule has 0 radical (unpaired) electrons. The number of rotatable bonds is 10. The topological polar surface area (TPSA) is 37.6 Å². The van der Waals surface area contributed by atoms with E-state index in [1.807, 2.05) is 0 Å². The smallest absolute Gasteiger partial charge is 1.00 e. The van der Waals surface area contributed by atoms with E-state index in [1.54, 1.807) is 33.4 Å². The molecule has 0 bridgehead atoms. The standard InChI is InChI=1S/C56H77N3.2ClH.Fe/c1-40-32-49(38-57-55-51(43-24-12-4-13-25-43)34-47(41-20-8-2-9-21-41)35-52(55)44-26-14-5-15-27-44)59-50(33-40)39-58-56-53(45-28-16-6-17-29-45)36-48(42-22-10-3-11-23-42)37-54(56)46-30-18-7-19-31-46;;;/h32-39,41-46H,2-31H2,1H3;2*1H;/q;;;+2/p-2. The predicted molar refractivity (Wildman–Crippen MR) is 251 cm³/mol. The Morgan fingerprint density at radius 2 is 0.613 bits per heavy atom. The Balaban J connectivity index is 0.00000214. The van der Waals surface area contributed by atoms with Crippen molar-refractivity contribution in [3.63, 3.8) is 0 Å². The fourth-order valence-corrected chi connectivity index (χ4v) is 13.1. The van der Waals surface area contributed by atoms with Crippen LogP contribution in [-0.4, -0.2) is 17.4 Å². The van der Waals surface area contributed by atoms with Crippen molar-refractivity contribution in [1.82, 2.24) is 4.98 Å². The van der Waals surface area contributed by atoms with Crippen LogP contribution < -0.4 is 24.8 Å². The van der Waals surface area contributed by atoms with Gasteiger partial charge in [0, 0.05) is 0 Å². The third kappa shape index (κ3) is 12.3. The van der Waals surface area contributed by atoms with Crippen LogP contribution in [0.3, 0.4) is 0 Å². The summed E-state index contributed by atoms with van der Waals surface area (Å²) in [6, 6.07) is 15.2. The maximum atomic E-state index is 5.59. The number of aromatic nitrogens is 1.